The van der Waals surface area contributed by atoms with Gasteiger partial charge in [0.1, 0.15) is 11.4 Å². The summed E-state index contributed by atoms with van der Waals surface area (Å²) in [6.45, 7) is 6.38. The van der Waals surface area contributed by atoms with Crippen LogP contribution in [0.1, 0.15) is 24.8 Å². The van der Waals surface area contributed by atoms with E-state index in [1.165, 1.54) is 19.3 Å². The van der Waals surface area contributed by atoms with Crippen molar-refractivity contribution in [2.24, 2.45) is 0 Å². The number of ether oxygens (including phenoxy) is 1. The SMILES string of the molecule is C=C(c1cnc2c(ccn2-c2ccc(OC)cc2)c1N)N1CCCCC1. The first kappa shape index (κ1) is 16.5. The zero-order valence-electron chi connectivity index (χ0n) is 15.1. The Labute approximate surface area is 153 Å². The van der Waals surface area contributed by atoms with Crippen LogP contribution in [0.5, 0.6) is 5.75 Å². The van der Waals surface area contributed by atoms with Gasteiger partial charge in [0.25, 0.3) is 0 Å². The van der Waals surface area contributed by atoms with Crippen molar-refractivity contribution in [1.29, 1.82) is 0 Å². The normalized spacial score (nSPS) is 14.6. The second-order valence-electron chi connectivity index (χ2n) is 6.70. The number of methoxy groups -OCH3 is 1. The summed E-state index contributed by atoms with van der Waals surface area (Å²) in [5.41, 5.74) is 11.0. The molecule has 0 amide bonds. The molecule has 2 aromatic heterocycles. The second-order valence-corrected chi connectivity index (χ2v) is 6.70. The average Bonchev–Trinajstić information content (AvgIpc) is 3.13. The topological polar surface area (TPSA) is 56.3 Å². The van der Waals surface area contributed by atoms with E-state index in [2.05, 4.69) is 11.5 Å². The van der Waals surface area contributed by atoms with Crippen molar-refractivity contribution >= 4 is 22.4 Å². The number of rotatable bonds is 4. The molecule has 3 aromatic rings. The summed E-state index contributed by atoms with van der Waals surface area (Å²) >= 11 is 0. The Morgan fingerprint density at radius 1 is 1.12 bits per heavy atom. The highest BCUT2D eigenvalue weighted by atomic mass is 16.5. The lowest BCUT2D eigenvalue weighted by Gasteiger charge is -2.31. The summed E-state index contributed by atoms with van der Waals surface area (Å²) in [5, 5.41) is 0.955. The van der Waals surface area contributed by atoms with E-state index in [9.17, 15) is 0 Å². The van der Waals surface area contributed by atoms with Gasteiger partial charge in [-0.05, 0) is 49.6 Å². The van der Waals surface area contributed by atoms with E-state index in [0.717, 1.165) is 52.5 Å². The van der Waals surface area contributed by atoms with Crippen LogP contribution < -0.4 is 10.5 Å². The van der Waals surface area contributed by atoms with Crippen LogP contribution in [0.3, 0.4) is 0 Å². The summed E-state index contributed by atoms with van der Waals surface area (Å²) in [6.07, 6.45) is 7.57. The average molecular weight is 348 g/mol. The van der Waals surface area contributed by atoms with Gasteiger partial charge in [0.2, 0.25) is 0 Å². The molecule has 0 bridgehead atoms. The highest BCUT2D eigenvalue weighted by Gasteiger charge is 2.18. The molecule has 3 heterocycles. The van der Waals surface area contributed by atoms with Gasteiger partial charge in [-0.15, -0.1) is 0 Å². The molecule has 2 N–H and O–H groups in total. The Morgan fingerprint density at radius 2 is 1.85 bits per heavy atom. The number of likely N-dealkylation sites (tertiary alicyclic amines) is 1. The second kappa shape index (κ2) is 6.75. The molecule has 1 saturated heterocycles. The molecule has 1 aliphatic heterocycles. The number of nitrogens with zero attached hydrogens (tertiary/aromatic N) is 3. The van der Waals surface area contributed by atoms with Crippen molar-refractivity contribution in [3.63, 3.8) is 0 Å². The molecule has 0 saturated carbocycles. The van der Waals surface area contributed by atoms with Crippen molar-refractivity contribution in [2.45, 2.75) is 19.3 Å². The minimum Gasteiger partial charge on any atom is -0.497 e. The summed E-state index contributed by atoms with van der Waals surface area (Å²) in [7, 11) is 1.67. The van der Waals surface area contributed by atoms with Crippen LogP contribution in [0.2, 0.25) is 0 Å². The lowest BCUT2D eigenvalue weighted by molar-refractivity contribution is 0.326. The Kier molecular flexibility index (Phi) is 4.29. The summed E-state index contributed by atoms with van der Waals surface area (Å²) in [4.78, 5) is 7.02. The van der Waals surface area contributed by atoms with E-state index < -0.39 is 0 Å². The number of benzene rings is 1. The molecule has 1 fully saturated rings. The molecule has 134 valence electrons. The third-order valence-corrected chi connectivity index (χ3v) is 5.15. The van der Waals surface area contributed by atoms with Crippen molar-refractivity contribution < 1.29 is 4.74 Å². The first-order valence-electron chi connectivity index (χ1n) is 9.03. The Hall–Kier alpha value is -2.95. The Morgan fingerprint density at radius 3 is 2.54 bits per heavy atom. The van der Waals surface area contributed by atoms with Crippen LogP contribution >= 0.6 is 0 Å². The predicted octanol–water partition coefficient (Wildman–Crippen LogP) is 4.07. The van der Waals surface area contributed by atoms with E-state index in [1.54, 1.807) is 7.11 Å². The molecule has 0 atom stereocenters. The summed E-state index contributed by atoms with van der Waals surface area (Å²) in [6, 6.07) is 9.93. The predicted molar refractivity (Wildman–Crippen MR) is 106 cm³/mol. The van der Waals surface area contributed by atoms with Gasteiger partial charge in [0.15, 0.2) is 0 Å². The van der Waals surface area contributed by atoms with Gasteiger partial charge in [-0.2, -0.15) is 0 Å². The monoisotopic (exact) mass is 348 g/mol. The molecule has 1 aromatic carbocycles. The zero-order valence-corrected chi connectivity index (χ0v) is 15.1. The van der Waals surface area contributed by atoms with Gasteiger partial charge in [-0.25, -0.2) is 4.98 Å². The maximum absolute atomic E-state index is 6.50. The molecule has 0 unspecified atom stereocenters. The molecule has 26 heavy (non-hydrogen) atoms. The number of fused-ring (bicyclic) bond motifs is 1. The third kappa shape index (κ3) is 2.79. The van der Waals surface area contributed by atoms with Crippen LogP contribution in [0.25, 0.3) is 22.4 Å². The fourth-order valence-electron chi connectivity index (χ4n) is 3.62. The minimum atomic E-state index is 0.748. The fraction of sp³-hybridized carbons (Fsp3) is 0.286. The zero-order chi connectivity index (χ0) is 18.1. The summed E-state index contributed by atoms with van der Waals surface area (Å²) in [5.74, 6) is 0.831. The number of aromatic nitrogens is 2. The van der Waals surface area contributed by atoms with Crippen LogP contribution in [0.4, 0.5) is 5.69 Å². The van der Waals surface area contributed by atoms with Crippen molar-refractivity contribution in [2.75, 3.05) is 25.9 Å². The minimum absolute atomic E-state index is 0.748. The molecule has 0 aliphatic carbocycles. The quantitative estimate of drug-likeness (QED) is 0.772. The molecule has 0 radical (unpaired) electrons. The third-order valence-electron chi connectivity index (χ3n) is 5.15. The number of anilines is 1. The molecule has 5 heteroatoms. The van der Waals surface area contributed by atoms with E-state index in [4.69, 9.17) is 15.5 Å². The number of hydrogen-bond donors (Lipinski definition) is 1. The van der Waals surface area contributed by atoms with Crippen LogP contribution in [-0.2, 0) is 0 Å². The maximum atomic E-state index is 6.50. The molecular formula is C21H24N4O. The van der Waals surface area contributed by atoms with Gasteiger partial charge in [-0.1, -0.05) is 6.58 Å². The molecule has 4 rings (SSSR count). The molecule has 1 aliphatic rings. The van der Waals surface area contributed by atoms with E-state index >= 15 is 0 Å². The number of nitrogen functional groups attached to an aromatic ring is 1. The van der Waals surface area contributed by atoms with Gasteiger partial charge < -0.3 is 19.9 Å². The van der Waals surface area contributed by atoms with Gasteiger partial charge in [0.05, 0.1) is 12.8 Å². The standard InChI is InChI=1S/C21H24N4O/c1-15(24-11-4-3-5-12-24)19-14-23-21-18(20(19)22)10-13-25(21)16-6-8-17(26-2)9-7-16/h6-10,13-14H,1,3-5,11-12H2,2H3,(H2,22,23). The highest BCUT2D eigenvalue weighted by Crippen LogP contribution is 2.32. The summed E-state index contributed by atoms with van der Waals surface area (Å²) < 4.78 is 7.27. The number of hydrogen-bond acceptors (Lipinski definition) is 4. The van der Waals surface area contributed by atoms with Crippen LogP contribution in [0, 0.1) is 0 Å². The number of nitrogens with two attached hydrogens (primary N) is 1. The van der Waals surface area contributed by atoms with Gasteiger partial charge >= 0.3 is 0 Å². The van der Waals surface area contributed by atoms with Gasteiger partial charge in [-0.3, -0.25) is 0 Å². The lowest BCUT2D eigenvalue weighted by Crippen LogP contribution is -2.28. The van der Waals surface area contributed by atoms with Crippen molar-refractivity contribution in [3.05, 3.63) is 54.9 Å². The highest BCUT2D eigenvalue weighted by molar-refractivity contribution is 5.95. The number of pyridine rings is 1. The van der Waals surface area contributed by atoms with Crippen molar-refractivity contribution in [3.8, 4) is 11.4 Å². The van der Waals surface area contributed by atoms with Crippen molar-refractivity contribution in [1.82, 2.24) is 14.5 Å². The molecule has 5 nitrogen and oxygen atoms in total. The molecular weight excluding hydrogens is 324 g/mol. The van der Waals surface area contributed by atoms with E-state index in [0.29, 0.717) is 0 Å². The maximum Gasteiger partial charge on any atom is 0.146 e. The van der Waals surface area contributed by atoms with E-state index in [1.807, 2.05) is 47.3 Å². The first-order valence-corrected chi connectivity index (χ1v) is 9.03. The van der Waals surface area contributed by atoms with Crippen LogP contribution in [0.15, 0.2) is 49.3 Å². The largest absolute Gasteiger partial charge is 0.497 e. The Balaban J connectivity index is 1.71. The van der Waals surface area contributed by atoms with Gasteiger partial charge in [0, 0.05) is 47.8 Å². The molecule has 0 spiro atoms. The van der Waals surface area contributed by atoms with Crippen LogP contribution in [-0.4, -0.2) is 34.7 Å². The first-order chi connectivity index (χ1) is 12.7. The smallest absolute Gasteiger partial charge is 0.146 e. The van der Waals surface area contributed by atoms with E-state index in [-0.39, 0.29) is 0 Å². The fourth-order valence-corrected chi connectivity index (χ4v) is 3.62. The lowest BCUT2D eigenvalue weighted by atomic mass is 10.1. The Bertz CT molecular complexity index is 937. The number of piperidine rings is 1.